The van der Waals surface area contributed by atoms with Gasteiger partial charge in [-0.05, 0) is 49.4 Å². The molecular weight excluding hydrogens is 406 g/mol. The van der Waals surface area contributed by atoms with Crippen molar-refractivity contribution in [3.05, 3.63) is 90.9 Å². The largest absolute Gasteiger partial charge is 0.321 e. The number of benzene rings is 2. The van der Waals surface area contributed by atoms with Crippen LogP contribution in [0.1, 0.15) is 31.7 Å². The molecule has 5 nitrogen and oxygen atoms in total. The zero-order chi connectivity index (χ0) is 22.4. The lowest BCUT2D eigenvalue weighted by molar-refractivity contribution is 0.253. The molecule has 2 N–H and O–H groups in total. The number of fused-ring (bicyclic) bond motifs is 1. The summed E-state index contributed by atoms with van der Waals surface area (Å²) in [6, 6.07) is 23.5. The van der Waals surface area contributed by atoms with Crippen LogP contribution < -0.4 is 5.73 Å². The van der Waals surface area contributed by atoms with E-state index in [-0.39, 0.29) is 5.54 Å². The molecule has 1 aliphatic carbocycles. The van der Waals surface area contributed by atoms with Crippen LogP contribution in [-0.2, 0) is 12.1 Å². The maximum Gasteiger partial charge on any atom is 0.138 e. The standard InChI is InChI=1S/C28H27N5/c1-2-32-19-23(18-30-32)22-13-16-33-25(17-22)31-26(27(33)21-7-4-3-5-8-21)20-9-11-24(12-10-20)28(29)14-6-15-28/h3-5,7-13,16-19H,2,6,14-15,29H2,1H3. The van der Waals surface area contributed by atoms with Crippen molar-refractivity contribution in [1.29, 1.82) is 0 Å². The summed E-state index contributed by atoms with van der Waals surface area (Å²) in [5.41, 5.74) is 15.1. The highest BCUT2D eigenvalue weighted by Gasteiger charge is 2.34. The Morgan fingerprint density at radius 1 is 0.909 bits per heavy atom. The average molecular weight is 434 g/mol. The first kappa shape index (κ1) is 19.9. The lowest BCUT2D eigenvalue weighted by atomic mass is 9.72. The zero-order valence-electron chi connectivity index (χ0n) is 18.8. The monoisotopic (exact) mass is 433 g/mol. The van der Waals surface area contributed by atoms with Gasteiger partial charge in [0.2, 0.25) is 0 Å². The van der Waals surface area contributed by atoms with Crippen molar-refractivity contribution in [3.63, 3.8) is 0 Å². The third kappa shape index (κ3) is 3.36. The molecule has 164 valence electrons. The van der Waals surface area contributed by atoms with Crippen LogP contribution in [0.25, 0.3) is 39.3 Å². The van der Waals surface area contributed by atoms with Gasteiger partial charge in [0, 0.05) is 41.2 Å². The molecule has 0 spiro atoms. The van der Waals surface area contributed by atoms with Crippen LogP contribution >= 0.6 is 0 Å². The van der Waals surface area contributed by atoms with Crippen molar-refractivity contribution < 1.29 is 0 Å². The van der Waals surface area contributed by atoms with Crippen molar-refractivity contribution in [2.24, 2.45) is 5.73 Å². The van der Waals surface area contributed by atoms with Crippen LogP contribution in [0.3, 0.4) is 0 Å². The second kappa shape index (κ2) is 7.71. The maximum atomic E-state index is 6.55. The fourth-order valence-corrected chi connectivity index (χ4v) is 4.79. The van der Waals surface area contributed by atoms with Crippen LogP contribution in [-0.4, -0.2) is 19.2 Å². The van der Waals surface area contributed by atoms with Gasteiger partial charge in [0.05, 0.1) is 17.6 Å². The van der Waals surface area contributed by atoms with Gasteiger partial charge >= 0.3 is 0 Å². The maximum absolute atomic E-state index is 6.55. The van der Waals surface area contributed by atoms with E-state index in [0.717, 1.165) is 58.7 Å². The molecule has 1 fully saturated rings. The van der Waals surface area contributed by atoms with Gasteiger partial charge in [-0.2, -0.15) is 5.10 Å². The van der Waals surface area contributed by atoms with Gasteiger partial charge < -0.3 is 5.73 Å². The summed E-state index contributed by atoms with van der Waals surface area (Å²) < 4.78 is 4.13. The van der Waals surface area contributed by atoms with E-state index in [0.29, 0.717) is 0 Å². The number of hydrogen-bond donors (Lipinski definition) is 1. The number of nitrogens with zero attached hydrogens (tertiary/aromatic N) is 4. The molecule has 0 saturated heterocycles. The van der Waals surface area contributed by atoms with Crippen LogP contribution in [0, 0.1) is 0 Å². The van der Waals surface area contributed by atoms with Crippen molar-refractivity contribution in [2.75, 3.05) is 0 Å². The van der Waals surface area contributed by atoms with Crippen molar-refractivity contribution in [3.8, 4) is 33.6 Å². The Balaban J connectivity index is 1.49. The van der Waals surface area contributed by atoms with Gasteiger partial charge in [-0.25, -0.2) is 4.98 Å². The van der Waals surface area contributed by atoms with Crippen LogP contribution in [0.2, 0.25) is 0 Å². The van der Waals surface area contributed by atoms with Crippen molar-refractivity contribution in [1.82, 2.24) is 19.2 Å². The molecule has 5 heteroatoms. The molecule has 0 radical (unpaired) electrons. The number of rotatable bonds is 5. The summed E-state index contributed by atoms with van der Waals surface area (Å²) in [7, 11) is 0. The van der Waals surface area contributed by atoms with Crippen LogP contribution in [0.5, 0.6) is 0 Å². The Labute approximate surface area is 193 Å². The third-order valence-corrected chi connectivity index (χ3v) is 6.94. The van der Waals surface area contributed by atoms with Crippen LogP contribution in [0.4, 0.5) is 0 Å². The second-order valence-electron chi connectivity index (χ2n) is 8.99. The molecule has 2 aromatic carbocycles. The Hall–Kier alpha value is -3.70. The SMILES string of the molecule is CCn1cc(-c2ccn3c(-c4ccccc4)c(-c4ccc(C5(N)CCC5)cc4)nc3c2)cn1. The topological polar surface area (TPSA) is 61.1 Å². The van der Waals surface area contributed by atoms with E-state index in [1.165, 1.54) is 12.0 Å². The van der Waals surface area contributed by atoms with E-state index >= 15 is 0 Å². The highest BCUT2D eigenvalue weighted by Crippen LogP contribution is 2.40. The lowest BCUT2D eigenvalue weighted by Crippen LogP contribution is -2.43. The number of imidazole rings is 1. The summed E-state index contributed by atoms with van der Waals surface area (Å²) in [5, 5.41) is 4.43. The molecule has 1 saturated carbocycles. The molecule has 0 aliphatic heterocycles. The van der Waals surface area contributed by atoms with Gasteiger partial charge in [-0.1, -0.05) is 54.6 Å². The molecule has 5 aromatic rings. The summed E-state index contributed by atoms with van der Waals surface area (Å²) in [4.78, 5) is 5.10. The number of aryl methyl sites for hydroxylation is 1. The van der Waals surface area contributed by atoms with E-state index in [1.54, 1.807) is 0 Å². The first-order valence-electron chi connectivity index (χ1n) is 11.6. The van der Waals surface area contributed by atoms with Crippen molar-refractivity contribution >= 4 is 5.65 Å². The fraction of sp³-hybridized carbons (Fsp3) is 0.214. The predicted octanol–water partition coefficient (Wildman–Crippen LogP) is 5.89. The predicted molar refractivity (Wildman–Crippen MR) is 133 cm³/mol. The van der Waals surface area contributed by atoms with Gasteiger partial charge in [-0.3, -0.25) is 9.08 Å². The summed E-state index contributed by atoms with van der Waals surface area (Å²) in [5.74, 6) is 0. The zero-order valence-corrected chi connectivity index (χ0v) is 18.8. The number of hydrogen-bond acceptors (Lipinski definition) is 3. The Morgan fingerprint density at radius 2 is 1.70 bits per heavy atom. The average Bonchev–Trinajstić information content (AvgIpc) is 3.47. The summed E-state index contributed by atoms with van der Waals surface area (Å²) in [6.07, 6.45) is 9.45. The number of nitrogens with two attached hydrogens (primary N) is 1. The van der Waals surface area contributed by atoms with Crippen LogP contribution in [0.15, 0.2) is 85.3 Å². The molecule has 6 rings (SSSR count). The summed E-state index contributed by atoms with van der Waals surface area (Å²) >= 11 is 0. The van der Waals surface area contributed by atoms with Gasteiger partial charge in [-0.15, -0.1) is 0 Å². The van der Waals surface area contributed by atoms with E-state index in [9.17, 15) is 0 Å². The number of pyridine rings is 1. The summed E-state index contributed by atoms with van der Waals surface area (Å²) in [6.45, 7) is 2.95. The highest BCUT2D eigenvalue weighted by molar-refractivity contribution is 5.83. The first-order valence-corrected chi connectivity index (χ1v) is 11.6. The third-order valence-electron chi connectivity index (χ3n) is 6.94. The Morgan fingerprint density at radius 3 is 2.36 bits per heavy atom. The van der Waals surface area contributed by atoms with Gasteiger partial charge in [0.1, 0.15) is 5.65 Å². The fourth-order valence-electron chi connectivity index (χ4n) is 4.79. The molecule has 3 aromatic heterocycles. The Bertz CT molecular complexity index is 1420. The Kier molecular flexibility index (Phi) is 4.66. The smallest absolute Gasteiger partial charge is 0.138 e. The number of aromatic nitrogens is 4. The highest BCUT2D eigenvalue weighted by atomic mass is 15.3. The molecule has 0 unspecified atom stereocenters. The minimum atomic E-state index is -0.155. The minimum absolute atomic E-state index is 0.155. The van der Waals surface area contributed by atoms with E-state index < -0.39 is 0 Å². The van der Waals surface area contributed by atoms with Crippen molar-refractivity contribution in [2.45, 2.75) is 38.3 Å². The second-order valence-corrected chi connectivity index (χ2v) is 8.99. The van der Waals surface area contributed by atoms with E-state index in [1.807, 2.05) is 16.9 Å². The molecule has 3 heterocycles. The molecule has 1 aliphatic rings. The van der Waals surface area contributed by atoms with Gasteiger partial charge in [0.15, 0.2) is 0 Å². The van der Waals surface area contributed by atoms with E-state index in [2.05, 4.69) is 89.5 Å². The molecule has 0 amide bonds. The molecule has 0 bridgehead atoms. The normalized spacial score (nSPS) is 15.0. The molecule has 33 heavy (non-hydrogen) atoms. The molecule has 0 atom stereocenters. The first-order chi connectivity index (χ1) is 16.1. The van der Waals surface area contributed by atoms with E-state index in [4.69, 9.17) is 10.7 Å². The molecular formula is C28H27N5. The quantitative estimate of drug-likeness (QED) is 0.376. The lowest BCUT2D eigenvalue weighted by Gasteiger charge is -2.38. The minimum Gasteiger partial charge on any atom is -0.321 e. The van der Waals surface area contributed by atoms with Gasteiger partial charge in [0.25, 0.3) is 0 Å².